The molecule has 0 aromatic heterocycles. The summed E-state index contributed by atoms with van der Waals surface area (Å²) in [4.78, 5) is 25.2. The van der Waals surface area contributed by atoms with E-state index in [-0.39, 0.29) is 6.54 Å². The number of aryl methyl sites for hydroxylation is 1. The average Bonchev–Trinajstić information content (AvgIpc) is 2.52. The Bertz CT molecular complexity index is 686. The first kappa shape index (κ1) is 16.5. The summed E-state index contributed by atoms with van der Waals surface area (Å²) in [6, 6.07) is 15.3. The van der Waals surface area contributed by atoms with Gasteiger partial charge in [0.2, 0.25) is 0 Å². The minimum Gasteiger partial charge on any atom is -0.480 e. The summed E-state index contributed by atoms with van der Waals surface area (Å²) in [5.41, 5.74) is 2.54. The van der Waals surface area contributed by atoms with Crippen LogP contribution in [0.2, 0.25) is 0 Å². The van der Waals surface area contributed by atoms with Crippen molar-refractivity contribution in [1.29, 1.82) is 0 Å². The van der Waals surface area contributed by atoms with Crippen LogP contribution in [0, 0.1) is 6.92 Å². The summed E-state index contributed by atoms with van der Waals surface area (Å²) in [5.74, 6) is -1.04. The number of rotatable bonds is 5. The molecule has 0 spiro atoms. The maximum absolute atomic E-state index is 12.5. The molecule has 2 aromatic rings. The summed E-state index contributed by atoms with van der Waals surface area (Å²) in [6.45, 7) is 3.66. The molecule has 2 rings (SSSR count). The summed E-state index contributed by atoms with van der Waals surface area (Å²) in [5, 5.41) is 12.0. The predicted molar refractivity (Wildman–Crippen MR) is 89.3 cm³/mol. The number of hydrogen-bond acceptors (Lipinski definition) is 2. The van der Waals surface area contributed by atoms with Crippen LogP contribution in [0.25, 0.3) is 0 Å². The number of carboxylic acids is 1. The molecule has 0 aliphatic carbocycles. The molecular formula is C18H20N2O3. The third kappa shape index (κ3) is 4.57. The number of amides is 2. The summed E-state index contributed by atoms with van der Waals surface area (Å²) < 4.78 is 0. The van der Waals surface area contributed by atoms with Crippen molar-refractivity contribution in [2.45, 2.75) is 26.4 Å². The lowest BCUT2D eigenvalue weighted by Gasteiger charge is -2.27. The third-order valence-corrected chi connectivity index (χ3v) is 3.55. The highest BCUT2D eigenvalue weighted by molar-refractivity contribution is 5.92. The van der Waals surface area contributed by atoms with Gasteiger partial charge in [0.05, 0.1) is 0 Å². The van der Waals surface area contributed by atoms with Crippen LogP contribution >= 0.6 is 0 Å². The molecule has 2 amide bonds. The highest BCUT2D eigenvalue weighted by atomic mass is 16.4. The number of hydrogen-bond donors (Lipinski definition) is 2. The lowest BCUT2D eigenvalue weighted by Crippen LogP contribution is -2.44. The maximum Gasteiger partial charge on any atom is 0.326 e. The van der Waals surface area contributed by atoms with Gasteiger partial charge in [-0.05, 0) is 37.1 Å². The number of carbonyl (C=O) groups excluding carboxylic acids is 1. The van der Waals surface area contributed by atoms with Crippen LogP contribution in [0.4, 0.5) is 10.5 Å². The Labute approximate surface area is 135 Å². The number of anilines is 1. The minimum absolute atomic E-state index is 0.228. The fourth-order valence-electron chi connectivity index (χ4n) is 2.22. The van der Waals surface area contributed by atoms with Crippen LogP contribution in [0.5, 0.6) is 0 Å². The SMILES string of the molecule is Cc1cccc(NC(=O)N(Cc2ccccc2)C(C)C(=O)O)c1. The average molecular weight is 312 g/mol. The lowest BCUT2D eigenvalue weighted by molar-refractivity contribution is -0.141. The largest absolute Gasteiger partial charge is 0.480 e. The molecule has 0 radical (unpaired) electrons. The third-order valence-electron chi connectivity index (χ3n) is 3.55. The highest BCUT2D eigenvalue weighted by Gasteiger charge is 2.25. The van der Waals surface area contributed by atoms with E-state index in [2.05, 4.69) is 5.32 Å². The Kier molecular flexibility index (Phi) is 5.36. The van der Waals surface area contributed by atoms with Crippen LogP contribution in [-0.2, 0) is 11.3 Å². The molecule has 2 N–H and O–H groups in total. The van der Waals surface area contributed by atoms with Gasteiger partial charge in [0.1, 0.15) is 6.04 Å². The fraction of sp³-hybridized carbons (Fsp3) is 0.222. The van der Waals surface area contributed by atoms with Gasteiger partial charge in [0.15, 0.2) is 0 Å². The Balaban J connectivity index is 2.18. The first-order valence-corrected chi connectivity index (χ1v) is 7.38. The van der Waals surface area contributed by atoms with E-state index in [0.29, 0.717) is 5.69 Å². The van der Waals surface area contributed by atoms with E-state index in [1.807, 2.05) is 55.5 Å². The number of carbonyl (C=O) groups is 2. The highest BCUT2D eigenvalue weighted by Crippen LogP contribution is 2.14. The molecule has 5 heteroatoms. The molecule has 0 aliphatic rings. The molecule has 23 heavy (non-hydrogen) atoms. The maximum atomic E-state index is 12.5. The smallest absolute Gasteiger partial charge is 0.326 e. The minimum atomic E-state index is -1.04. The molecule has 1 atom stereocenters. The molecular weight excluding hydrogens is 292 g/mol. The van der Waals surface area contributed by atoms with Crippen LogP contribution < -0.4 is 5.32 Å². The zero-order chi connectivity index (χ0) is 16.8. The molecule has 0 fully saturated rings. The zero-order valence-electron chi connectivity index (χ0n) is 13.2. The van der Waals surface area contributed by atoms with Crippen molar-refractivity contribution >= 4 is 17.7 Å². The van der Waals surface area contributed by atoms with Gasteiger partial charge in [0, 0.05) is 12.2 Å². The van der Waals surface area contributed by atoms with Crippen molar-refractivity contribution in [3.05, 3.63) is 65.7 Å². The van der Waals surface area contributed by atoms with Gasteiger partial charge in [-0.1, -0.05) is 42.5 Å². The van der Waals surface area contributed by atoms with Crippen molar-refractivity contribution < 1.29 is 14.7 Å². The molecule has 0 aliphatic heterocycles. The quantitative estimate of drug-likeness (QED) is 0.887. The van der Waals surface area contributed by atoms with E-state index in [1.54, 1.807) is 6.07 Å². The van der Waals surface area contributed by atoms with Gasteiger partial charge < -0.3 is 15.3 Å². The lowest BCUT2D eigenvalue weighted by atomic mass is 10.2. The number of aliphatic carboxylic acids is 1. The molecule has 0 heterocycles. The second kappa shape index (κ2) is 7.45. The number of nitrogens with one attached hydrogen (secondary N) is 1. The molecule has 0 saturated heterocycles. The van der Waals surface area contributed by atoms with Crippen molar-refractivity contribution in [1.82, 2.24) is 4.90 Å². The van der Waals surface area contributed by atoms with Crippen LogP contribution in [-0.4, -0.2) is 28.0 Å². The number of urea groups is 1. The van der Waals surface area contributed by atoms with Gasteiger partial charge in [-0.25, -0.2) is 9.59 Å². The van der Waals surface area contributed by atoms with Crippen LogP contribution in [0.15, 0.2) is 54.6 Å². The van der Waals surface area contributed by atoms with Gasteiger partial charge in [-0.2, -0.15) is 0 Å². The first-order valence-electron chi connectivity index (χ1n) is 7.38. The van der Waals surface area contributed by atoms with Crippen LogP contribution in [0.1, 0.15) is 18.1 Å². The number of nitrogens with zero attached hydrogens (tertiary/aromatic N) is 1. The Morgan fingerprint density at radius 1 is 1.13 bits per heavy atom. The Morgan fingerprint density at radius 3 is 2.43 bits per heavy atom. The monoisotopic (exact) mass is 312 g/mol. The fourth-order valence-corrected chi connectivity index (χ4v) is 2.22. The second-order valence-electron chi connectivity index (χ2n) is 5.43. The summed E-state index contributed by atoms with van der Waals surface area (Å²) in [6.07, 6.45) is 0. The molecule has 120 valence electrons. The van der Waals surface area contributed by atoms with Crippen molar-refractivity contribution in [2.24, 2.45) is 0 Å². The van der Waals surface area contributed by atoms with Gasteiger partial charge >= 0.3 is 12.0 Å². The number of benzene rings is 2. The first-order chi connectivity index (χ1) is 11.0. The second-order valence-corrected chi connectivity index (χ2v) is 5.43. The van der Waals surface area contributed by atoms with E-state index in [0.717, 1.165) is 11.1 Å². The van der Waals surface area contributed by atoms with Gasteiger partial charge in [-0.3, -0.25) is 0 Å². The van der Waals surface area contributed by atoms with Gasteiger partial charge in [0.25, 0.3) is 0 Å². The predicted octanol–water partition coefficient (Wildman–Crippen LogP) is 3.50. The number of carboxylic acid groups (broad SMARTS) is 1. The zero-order valence-corrected chi connectivity index (χ0v) is 13.2. The van der Waals surface area contributed by atoms with E-state index in [4.69, 9.17) is 0 Å². The molecule has 5 nitrogen and oxygen atoms in total. The van der Waals surface area contributed by atoms with E-state index < -0.39 is 18.0 Å². The topological polar surface area (TPSA) is 69.6 Å². The van der Waals surface area contributed by atoms with E-state index in [1.165, 1.54) is 11.8 Å². The van der Waals surface area contributed by atoms with E-state index in [9.17, 15) is 14.7 Å². The standard InChI is InChI=1S/C18H20N2O3/c1-13-7-6-10-16(11-13)19-18(23)20(14(2)17(21)22)12-15-8-4-3-5-9-15/h3-11,14H,12H2,1-2H3,(H,19,23)(H,21,22). The normalized spacial score (nSPS) is 11.6. The van der Waals surface area contributed by atoms with Crippen molar-refractivity contribution in [2.75, 3.05) is 5.32 Å². The van der Waals surface area contributed by atoms with Gasteiger partial charge in [-0.15, -0.1) is 0 Å². The Hall–Kier alpha value is -2.82. The van der Waals surface area contributed by atoms with Crippen LogP contribution in [0.3, 0.4) is 0 Å². The molecule has 2 aromatic carbocycles. The summed E-state index contributed by atoms with van der Waals surface area (Å²) in [7, 11) is 0. The summed E-state index contributed by atoms with van der Waals surface area (Å²) >= 11 is 0. The molecule has 0 saturated carbocycles. The van der Waals surface area contributed by atoms with Crippen molar-refractivity contribution in [3.8, 4) is 0 Å². The van der Waals surface area contributed by atoms with Crippen molar-refractivity contribution in [3.63, 3.8) is 0 Å². The molecule has 1 unspecified atom stereocenters. The van der Waals surface area contributed by atoms with E-state index >= 15 is 0 Å². The molecule has 0 bridgehead atoms. The Morgan fingerprint density at radius 2 is 1.83 bits per heavy atom.